The van der Waals surface area contributed by atoms with E-state index in [9.17, 15) is 9.90 Å². The molecule has 0 saturated heterocycles. The number of fused-ring (bicyclic) bond motifs is 6. The van der Waals surface area contributed by atoms with Gasteiger partial charge in [-0.1, -0.05) is 19.1 Å². The van der Waals surface area contributed by atoms with Crippen molar-refractivity contribution < 1.29 is 14.6 Å². The number of carbonyl (C=O) groups excluding carboxylic acids is 1. The van der Waals surface area contributed by atoms with Crippen LogP contribution in [0.5, 0.6) is 0 Å². The Balaban J connectivity index is 1.14. The third kappa shape index (κ3) is 4.05. The summed E-state index contributed by atoms with van der Waals surface area (Å²) in [5.41, 5.74) is 1.20. The Kier molecular flexibility index (Phi) is 6.03. The van der Waals surface area contributed by atoms with Gasteiger partial charge in [-0.2, -0.15) is 15.0 Å². The van der Waals surface area contributed by atoms with Crippen LogP contribution in [0, 0.1) is 40.9 Å². The molecule has 6 heteroatoms. The number of ether oxygens (including phenoxy) is 1. The van der Waals surface area contributed by atoms with Gasteiger partial charge in [0.2, 0.25) is 0 Å². The van der Waals surface area contributed by atoms with Crippen molar-refractivity contribution in [3.8, 4) is 0 Å². The number of benzene rings is 1. The van der Waals surface area contributed by atoms with Crippen LogP contribution >= 0.6 is 0 Å². The first-order valence-electron chi connectivity index (χ1n) is 14.0. The van der Waals surface area contributed by atoms with E-state index in [2.05, 4.69) is 17.1 Å². The number of Topliss-reactive ketones (excluding diaryl/α,β-unsaturated/α-hetero) is 1. The van der Waals surface area contributed by atoms with Crippen molar-refractivity contribution in [2.75, 3.05) is 13.2 Å². The second-order valence-corrected chi connectivity index (χ2v) is 12.4. The number of aliphatic hydroxyl groups is 1. The van der Waals surface area contributed by atoms with Crippen LogP contribution in [0.2, 0.25) is 0 Å². The van der Waals surface area contributed by atoms with Crippen molar-refractivity contribution >= 4 is 16.8 Å². The van der Waals surface area contributed by atoms with Gasteiger partial charge < -0.3 is 9.84 Å². The number of hydrogen-bond donors (Lipinski definition) is 1. The summed E-state index contributed by atoms with van der Waals surface area (Å²) >= 11 is 0. The fraction of sp³-hybridized carbons (Fsp3) is 0.759. The van der Waals surface area contributed by atoms with Gasteiger partial charge in [0, 0.05) is 12.5 Å². The molecule has 4 aliphatic carbocycles. The van der Waals surface area contributed by atoms with Crippen molar-refractivity contribution in [1.82, 2.24) is 15.0 Å². The normalized spacial score (nSPS) is 40.8. The van der Waals surface area contributed by atoms with Gasteiger partial charge in [-0.05, 0) is 112 Å². The van der Waals surface area contributed by atoms with Crippen molar-refractivity contribution in [2.45, 2.75) is 83.8 Å². The molecule has 0 radical (unpaired) electrons. The van der Waals surface area contributed by atoms with Gasteiger partial charge in [0.05, 0.1) is 12.2 Å². The van der Waals surface area contributed by atoms with Crippen LogP contribution in [-0.4, -0.2) is 44.7 Å². The summed E-state index contributed by atoms with van der Waals surface area (Å²) in [4.78, 5) is 15.2. The molecule has 4 fully saturated rings. The first-order valence-corrected chi connectivity index (χ1v) is 14.0. The second kappa shape index (κ2) is 8.95. The second-order valence-electron chi connectivity index (χ2n) is 12.4. The summed E-state index contributed by atoms with van der Waals surface area (Å²) in [6.07, 6.45) is 10.0. The smallest absolute Gasteiger partial charge is 0.159 e. The Bertz CT molecular complexity index is 1050. The van der Waals surface area contributed by atoms with E-state index in [1.165, 1.54) is 25.7 Å². The molecule has 0 aliphatic heterocycles. The summed E-state index contributed by atoms with van der Waals surface area (Å²) in [6.45, 7) is 5.88. The number of nitrogens with zero attached hydrogens (tertiary/aromatic N) is 3. The van der Waals surface area contributed by atoms with Gasteiger partial charge in [-0.25, -0.2) is 0 Å². The minimum Gasteiger partial charge on any atom is -0.387 e. The first-order chi connectivity index (χ1) is 16.9. The molecule has 190 valence electrons. The van der Waals surface area contributed by atoms with Gasteiger partial charge in [-0.3, -0.25) is 4.79 Å². The minimum absolute atomic E-state index is 0.113. The molecule has 8 unspecified atom stereocenters. The van der Waals surface area contributed by atoms with Crippen molar-refractivity contribution in [3.05, 3.63) is 24.3 Å². The summed E-state index contributed by atoms with van der Waals surface area (Å²) in [5, 5.41) is 20.2. The van der Waals surface area contributed by atoms with Crippen LogP contribution in [0.15, 0.2) is 24.3 Å². The first kappa shape index (κ1) is 23.6. The molecule has 8 atom stereocenters. The maximum atomic E-state index is 13.6. The van der Waals surface area contributed by atoms with Crippen LogP contribution in [0.25, 0.3) is 11.0 Å². The lowest BCUT2D eigenvalue weighted by atomic mass is 9.49. The van der Waals surface area contributed by atoms with Gasteiger partial charge in [-0.15, -0.1) is 0 Å². The zero-order valence-corrected chi connectivity index (χ0v) is 21.4. The molecular weight excluding hydrogens is 438 g/mol. The molecule has 0 spiro atoms. The summed E-state index contributed by atoms with van der Waals surface area (Å²) in [7, 11) is 0. The molecule has 1 aromatic heterocycles. The largest absolute Gasteiger partial charge is 0.387 e. The van der Waals surface area contributed by atoms with Gasteiger partial charge in [0.1, 0.15) is 17.6 Å². The molecule has 0 amide bonds. The average Bonchev–Trinajstić information content (AvgIpc) is 3.42. The lowest BCUT2D eigenvalue weighted by Gasteiger charge is -2.57. The standard InChI is InChI=1S/C29H41N3O3/c1-3-35-18-29(34)15-13-20-19(16-29)8-9-22-21(20)12-14-28(2)23(22)10-11-24(28)27(33)17-32-30-25-6-4-5-7-26(25)31-32/h4-7,19-24,34H,3,8-18H2,1-2H3. The minimum atomic E-state index is -0.622. The van der Waals surface area contributed by atoms with E-state index in [0.29, 0.717) is 37.4 Å². The Morgan fingerprint density at radius 2 is 1.77 bits per heavy atom. The quantitative estimate of drug-likeness (QED) is 0.628. The molecule has 0 bridgehead atoms. The highest BCUT2D eigenvalue weighted by Crippen LogP contribution is 2.64. The highest BCUT2D eigenvalue weighted by Gasteiger charge is 2.59. The number of ketones is 1. The van der Waals surface area contributed by atoms with Gasteiger partial charge in [0.25, 0.3) is 0 Å². The van der Waals surface area contributed by atoms with Crippen LogP contribution in [0.3, 0.4) is 0 Å². The van der Waals surface area contributed by atoms with Crippen molar-refractivity contribution in [1.29, 1.82) is 0 Å². The third-order valence-electron chi connectivity index (χ3n) is 10.7. The molecule has 35 heavy (non-hydrogen) atoms. The number of carbonyl (C=O) groups is 1. The van der Waals surface area contributed by atoms with Crippen LogP contribution in [0.1, 0.15) is 71.6 Å². The van der Waals surface area contributed by atoms with E-state index in [1.807, 2.05) is 31.2 Å². The number of rotatable bonds is 6. The molecule has 4 saturated carbocycles. The molecule has 1 aromatic carbocycles. The zero-order chi connectivity index (χ0) is 24.2. The van der Waals surface area contributed by atoms with Crippen LogP contribution < -0.4 is 0 Å². The maximum Gasteiger partial charge on any atom is 0.159 e. The van der Waals surface area contributed by atoms with E-state index < -0.39 is 5.60 Å². The molecule has 1 N–H and O–H groups in total. The van der Waals surface area contributed by atoms with Crippen molar-refractivity contribution in [3.63, 3.8) is 0 Å². The van der Waals surface area contributed by atoms with E-state index in [0.717, 1.165) is 60.9 Å². The Morgan fingerprint density at radius 1 is 1.03 bits per heavy atom. The maximum absolute atomic E-state index is 13.6. The predicted octanol–water partition coefficient (Wildman–Crippen LogP) is 5.04. The lowest BCUT2D eigenvalue weighted by Crippen LogP contribution is -2.52. The van der Waals surface area contributed by atoms with Gasteiger partial charge >= 0.3 is 0 Å². The topological polar surface area (TPSA) is 77.2 Å². The Morgan fingerprint density at radius 3 is 2.51 bits per heavy atom. The van der Waals surface area contributed by atoms with Crippen LogP contribution in [-0.2, 0) is 16.1 Å². The molecule has 4 aliphatic rings. The zero-order valence-electron chi connectivity index (χ0n) is 21.4. The van der Waals surface area contributed by atoms with Crippen molar-refractivity contribution in [2.24, 2.45) is 40.9 Å². The SMILES string of the molecule is CCOCC1(O)CCC2C(CCC3C2CCC2(C)C(C(=O)Cn4nc5ccccc5n4)CCC32)C1. The molecule has 6 nitrogen and oxygen atoms in total. The number of aromatic nitrogens is 3. The number of hydrogen-bond acceptors (Lipinski definition) is 5. The van der Waals surface area contributed by atoms with Crippen LogP contribution in [0.4, 0.5) is 0 Å². The molecule has 6 rings (SSSR count). The van der Waals surface area contributed by atoms with E-state index in [4.69, 9.17) is 4.74 Å². The third-order valence-corrected chi connectivity index (χ3v) is 10.7. The molecule has 1 heterocycles. The predicted molar refractivity (Wildman–Crippen MR) is 135 cm³/mol. The summed E-state index contributed by atoms with van der Waals surface area (Å²) in [6, 6.07) is 7.84. The highest BCUT2D eigenvalue weighted by molar-refractivity contribution is 5.82. The van der Waals surface area contributed by atoms with E-state index >= 15 is 0 Å². The highest BCUT2D eigenvalue weighted by atomic mass is 16.5. The molecular formula is C29H41N3O3. The average molecular weight is 480 g/mol. The Hall–Kier alpha value is -1.79. The summed E-state index contributed by atoms with van der Waals surface area (Å²) < 4.78 is 5.63. The van der Waals surface area contributed by atoms with E-state index in [-0.39, 0.29) is 11.3 Å². The fourth-order valence-corrected chi connectivity index (χ4v) is 9.14. The van der Waals surface area contributed by atoms with Gasteiger partial charge in [0.15, 0.2) is 5.78 Å². The fourth-order valence-electron chi connectivity index (χ4n) is 9.14. The van der Waals surface area contributed by atoms with E-state index in [1.54, 1.807) is 4.80 Å². The monoisotopic (exact) mass is 479 g/mol. The Labute approximate surface area is 208 Å². The lowest BCUT2D eigenvalue weighted by molar-refractivity contribution is -0.138. The molecule has 2 aromatic rings. The summed E-state index contributed by atoms with van der Waals surface area (Å²) in [5.74, 6) is 4.01.